The van der Waals surface area contributed by atoms with Crippen LogP contribution in [-0.2, 0) is 0 Å². The van der Waals surface area contributed by atoms with E-state index in [9.17, 15) is 14.7 Å². The summed E-state index contributed by atoms with van der Waals surface area (Å²) in [7, 11) is 0. The van der Waals surface area contributed by atoms with Gasteiger partial charge in [0, 0.05) is 27.7 Å². The van der Waals surface area contributed by atoms with Gasteiger partial charge < -0.3 is 15.8 Å². The van der Waals surface area contributed by atoms with E-state index >= 15 is 0 Å². The first-order chi connectivity index (χ1) is 10.1. The van der Waals surface area contributed by atoms with Crippen molar-refractivity contribution in [3.8, 4) is 5.88 Å². The van der Waals surface area contributed by atoms with Gasteiger partial charge in [-0.15, -0.1) is 0 Å². The van der Waals surface area contributed by atoms with Gasteiger partial charge in [0.05, 0.1) is 5.56 Å². The number of rotatable bonds is 3. The van der Waals surface area contributed by atoms with Crippen LogP contribution in [0.5, 0.6) is 5.88 Å². The Kier molecular flexibility index (Phi) is 2.95. The fraction of sp³-hybridized carbons (Fsp3) is 0. The van der Waals surface area contributed by atoms with Gasteiger partial charge in [0.15, 0.2) is 17.9 Å². The minimum absolute atomic E-state index is 0.175. The van der Waals surface area contributed by atoms with E-state index in [1.165, 1.54) is 0 Å². The zero-order chi connectivity index (χ0) is 15.0. The highest BCUT2D eigenvalue weighted by Crippen LogP contribution is 2.27. The average molecular weight is 280 g/mol. The Morgan fingerprint density at radius 3 is 2.62 bits per heavy atom. The Hall–Kier alpha value is -3.08. The largest absolute Gasteiger partial charge is 0.494 e. The SMILES string of the molecule is Nc1cccc(C(=O)c2ccc3c(C=O)c(O)[nH]c3c2)c1. The van der Waals surface area contributed by atoms with E-state index in [4.69, 9.17) is 5.73 Å². The second-order valence-electron chi connectivity index (χ2n) is 4.72. The predicted octanol–water partition coefficient (Wildman–Crippen LogP) is 2.50. The van der Waals surface area contributed by atoms with Gasteiger partial charge in [-0.3, -0.25) is 9.59 Å². The summed E-state index contributed by atoms with van der Waals surface area (Å²) in [6.45, 7) is 0. The monoisotopic (exact) mass is 280 g/mol. The Morgan fingerprint density at radius 1 is 1.14 bits per heavy atom. The quantitative estimate of drug-likeness (QED) is 0.390. The third-order valence-corrected chi connectivity index (χ3v) is 3.35. The lowest BCUT2D eigenvalue weighted by Gasteiger charge is -2.02. The molecular weight excluding hydrogens is 268 g/mol. The molecule has 3 rings (SSSR count). The van der Waals surface area contributed by atoms with Crippen molar-refractivity contribution < 1.29 is 14.7 Å². The van der Waals surface area contributed by atoms with Crippen molar-refractivity contribution in [1.82, 2.24) is 4.98 Å². The number of nitrogens with two attached hydrogens (primary N) is 1. The number of hydrogen-bond donors (Lipinski definition) is 3. The number of ketones is 1. The molecule has 0 radical (unpaired) electrons. The van der Waals surface area contributed by atoms with Gasteiger partial charge in [0.2, 0.25) is 0 Å². The second-order valence-corrected chi connectivity index (χ2v) is 4.72. The number of nitrogen functional groups attached to an aromatic ring is 1. The summed E-state index contributed by atoms with van der Waals surface area (Å²) < 4.78 is 0. The van der Waals surface area contributed by atoms with E-state index in [0.29, 0.717) is 34.0 Å². The summed E-state index contributed by atoms with van der Waals surface area (Å²) in [4.78, 5) is 26.0. The third kappa shape index (κ3) is 2.14. The number of fused-ring (bicyclic) bond motifs is 1. The van der Waals surface area contributed by atoms with Crippen LogP contribution in [0.1, 0.15) is 26.3 Å². The Labute approximate surface area is 120 Å². The summed E-state index contributed by atoms with van der Waals surface area (Å²) in [5.74, 6) is -0.375. The average Bonchev–Trinajstić information content (AvgIpc) is 2.80. The van der Waals surface area contributed by atoms with Crippen molar-refractivity contribution in [1.29, 1.82) is 0 Å². The van der Waals surface area contributed by atoms with Gasteiger partial charge in [-0.05, 0) is 18.2 Å². The van der Waals surface area contributed by atoms with Crippen molar-refractivity contribution in [3.63, 3.8) is 0 Å². The number of carbonyl (C=O) groups is 2. The molecule has 5 heteroatoms. The topological polar surface area (TPSA) is 96.2 Å². The van der Waals surface area contributed by atoms with E-state index < -0.39 is 0 Å². The number of aromatic amines is 1. The molecule has 0 aliphatic carbocycles. The van der Waals surface area contributed by atoms with E-state index in [-0.39, 0.29) is 17.2 Å². The van der Waals surface area contributed by atoms with Crippen molar-refractivity contribution in [2.75, 3.05) is 5.73 Å². The molecule has 2 aromatic carbocycles. The van der Waals surface area contributed by atoms with Crippen molar-refractivity contribution >= 4 is 28.7 Å². The molecular formula is C16H12N2O3. The molecule has 0 saturated carbocycles. The maximum absolute atomic E-state index is 12.4. The molecule has 4 N–H and O–H groups in total. The number of hydrogen-bond acceptors (Lipinski definition) is 4. The molecule has 0 unspecified atom stereocenters. The molecule has 104 valence electrons. The smallest absolute Gasteiger partial charge is 0.200 e. The van der Waals surface area contributed by atoms with Crippen molar-refractivity contribution in [2.45, 2.75) is 0 Å². The minimum Gasteiger partial charge on any atom is -0.494 e. The van der Waals surface area contributed by atoms with Gasteiger partial charge in [-0.25, -0.2) is 0 Å². The Balaban J connectivity index is 2.09. The number of carbonyl (C=O) groups excluding carboxylic acids is 2. The van der Waals surface area contributed by atoms with Crippen LogP contribution in [0.25, 0.3) is 10.9 Å². The first-order valence-electron chi connectivity index (χ1n) is 6.30. The second kappa shape index (κ2) is 4.79. The van der Waals surface area contributed by atoms with Crippen LogP contribution in [0.2, 0.25) is 0 Å². The summed E-state index contributed by atoms with van der Waals surface area (Å²) in [6.07, 6.45) is 0.577. The number of benzene rings is 2. The van der Waals surface area contributed by atoms with Gasteiger partial charge in [-0.2, -0.15) is 0 Å². The van der Waals surface area contributed by atoms with Crippen LogP contribution in [-0.4, -0.2) is 22.2 Å². The van der Waals surface area contributed by atoms with Crippen LogP contribution in [0, 0.1) is 0 Å². The fourth-order valence-electron chi connectivity index (χ4n) is 2.31. The highest BCUT2D eigenvalue weighted by Gasteiger charge is 2.14. The number of nitrogens with one attached hydrogen (secondary N) is 1. The number of anilines is 1. The lowest BCUT2D eigenvalue weighted by atomic mass is 10.0. The summed E-state index contributed by atoms with van der Waals surface area (Å²) in [5, 5.41) is 10.2. The Bertz CT molecular complexity index is 865. The minimum atomic E-state index is -0.200. The maximum atomic E-state index is 12.4. The van der Waals surface area contributed by atoms with Crippen LogP contribution in [0.4, 0.5) is 5.69 Å². The van der Waals surface area contributed by atoms with Gasteiger partial charge in [0.1, 0.15) is 0 Å². The van der Waals surface area contributed by atoms with E-state index in [2.05, 4.69) is 4.98 Å². The normalized spacial score (nSPS) is 10.7. The predicted molar refractivity (Wildman–Crippen MR) is 79.6 cm³/mol. The molecule has 21 heavy (non-hydrogen) atoms. The first-order valence-corrected chi connectivity index (χ1v) is 6.30. The molecule has 0 aliphatic rings. The molecule has 0 saturated heterocycles. The summed E-state index contributed by atoms with van der Waals surface area (Å²) >= 11 is 0. The van der Waals surface area contributed by atoms with E-state index in [0.717, 1.165) is 0 Å². The highest BCUT2D eigenvalue weighted by atomic mass is 16.3. The lowest BCUT2D eigenvalue weighted by Crippen LogP contribution is -2.01. The molecule has 0 fully saturated rings. The number of aromatic hydroxyl groups is 1. The molecule has 0 aliphatic heterocycles. The van der Waals surface area contributed by atoms with Gasteiger partial charge in [-0.1, -0.05) is 24.3 Å². The molecule has 0 bridgehead atoms. The number of aromatic nitrogens is 1. The molecule has 1 aromatic heterocycles. The van der Waals surface area contributed by atoms with Crippen molar-refractivity contribution in [3.05, 3.63) is 59.2 Å². The summed E-state index contributed by atoms with van der Waals surface area (Å²) in [5.41, 5.74) is 7.85. The highest BCUT2D eigenvalue weighted by molar-refractivity contribution is 6.12. The number of aldehydes is 1. The molecule has 0 atom stereocenters. The molecule has 0 amide bonds. The molecule has 3 aromatic rings. The molecule has 0 spiro atoms. The summed E-state index contributed by atoms with van der Waals surface area (Å²) in [6, 6.07) is 11.6. The first kappa shape index (κ1) is 12.9. The zero-order valence-corrected chi connectivity index (χ0v) is 11.0. The maximum Gasteiger partial charge on any atom is 0.200 e. The number of H-pyrrole nitrogens is 1. The molecule has 5 nitrogen and oxygen atoms in total. The van der Waals surface area contributed by atoms with E-state index in [1.807, 2.05) is 0 Å². The third-order valence-electron chi connectivity index (χ3n) is 3.35. The van der Waals surface area contributed by atoms with Crippen LogP contribution < -0.4 is 5.73 Å². The zero-order valence-electron chi connectivity index (χ0n) is 11.0. The fourth-order valence-corrected chi connectivity index (χ4v) is 2.31. The van der Waals surface area contributed by atoms with Crippen LogP contribution in [0.3, 0.4) is 0 Å². The van der Waals surface area contributed by atoms with Crippen molar-refractivity contribution in [2.24, 2.45) is 0 Å². The lowest BCUT2D eigenvalue weighted by molar-refractivity contribution is 0.103. The van der Waals surface area contributed by atoms with Crippen LogP contribution >= 0.6 is 0 Å². The molecule has 1 heterocycles. The standard InChI is InChI=1S/C16H12N2O3/c17-11-3-1-2-9(6-11)15(20)10-4-5-12-13(8-19)16(21)18-14(12)7-10/h1-8,18,21H,17H2. The Morgan fingerprint density at radius 2 is 1.90 bits per heavy atom. The van der Waals surface area contributed by atoms with E-state index in [1.54, 1.807) is 42.5 Å². The van der Waals surface area contributed by atoms with Gasteiger partial charge in [0.25, 0.3) is 0 Å². The van der Waals surface area contributed by atoms with Gasteiger partial charge >= 0.3 is 0 Å². The van der Waals surface area contributed by atoms with Crippen LogP contribution in [0.15, 0.2) is 42.5 Å².